The van der Waals surface area contributed by atoms with E-state index in [4.69, 9.17) is 10.3 Å². The van der Waals surface area contributed by atoms with Gasteiger partial charge >= 0.3 is 0 Å². The molecule has 0 atom stereocenters. The van der Waals surface area contributed by atoms with Crippen molar-refractivity contribution in [3.8, 4) is 0 Å². The molecule has 0 spiro atoms. The van der Waals surface area contributed by atoms with Crippen LogP contribution in [-0.4, -0.2) is 25.9 Å². The topological polar surface area (TPSA) is 138 Å². The van der Waals surface area contributed by atoms with Gasteiger partial charge in [-0.3, -0.25) is 4.55 Å². The average Bonchev–Trinajstić information content (AvgIpc) is 1.99. The predicted molar refractivity (Wildman–Crippen MR) is 48.6 cm³/mol. The van der Waals surface area contributed by atoms with Gasteiger partial charge in [0, 0.05) is 0 Å². The van der Waals surface area contributed by atoms with Gasteiger partial charge in [-0.2, -0.15) is 8.42 Å². The van der Waals surface area contributed by atoms with Gasteiger partial charge in [-0.15, -0.1) is 0 Å². The summed E-state index contributed by atoms with van der Waals surface area (Å²) >= 11 is 0. The molecule has 0 radical (unpaired) electrons. The molecule has 15 heavy (non-hydrogen) atoms. The summed E-state index contributed by atoms with van der Waals surface area (Å²) in [6.45, 7) is 0. The molecule has 0 aliphatic carbocycles. The lowest BCUT2D eigenvalue weighted by atomic mass is 10.3. The lowest BCUT2D eigenvalue weighted by Crippen LogP contribution is -2.06. The molecule has 1 rings (SSSR count). The first-order valence-corrected chi connectivity index (χ1v) is 6.30. The van der Waals surface area contributed by atoms with Gasteiger partial charge < -0.3 is 10.3 Å². The molecule has 84 valence electrons. The van der Waals surface area contributed by atoms with Crippen LogP contribution in [0.1, 0.15) is 0 Å². The van der Waals surface area contributed by atoms with Crippen LogP contribution in [0.5, 0.6) is 0 Å². The monoisotopic (exact) mass is 252 g/mol. The molecule has 9 heteroatoms. The maximum atomic E-state index is 10.7. The molecular formula is C6H6NO6S2-. The SMILES string of the molecule is Nc1cc(S(=O)(=O)[O-])ccc1S(=O)(=O)O. The number of benzene rings is 1. The summed E-state index contributed by atoms with van der Waals surface area (Å²) in [5.74, 6) is 0. The quantitative estimate of drug-likeness (QED) is 0.530. The molecule has 0 saturated carbocycles. The summed E-state index contributed by atoms with van der Waals surface area (Å²) in [5.41, 5.74) is 4.66. The minimum Gasteiger partial charge on any atom is -0.744 e. The highest BCUT2D eigenvalue weighted by atomic mass is 32.2. The van der Waals surface area contributed by atoms with Crippen LogP contribution in [0.4, 0.5) is 5.69 Å². The Labute approximate surface area is 86.0 Å². The maximum Gasteiger partial charge on any atom is 0.296 e. The summed E-state index contributed by atoms with van der Waals surface area (Å²) in [6, 6.07) is 2.17. The van der Waals surface area contributed by atoms with Crippen molar-refractivity contribution >= 4 is 25.9 Å². The van der Waals surface area contributed by atoms with Gasteiger partial charge in [-0.25, -0.2) is 8.42 Å². The molecule has 0 amide bonds. The van der Waals surface area contributed by atoms with Crippen molar-refractivity contribution in [3.05, 3.63) is 18.2 Å². The molecule has 0 unspecified atom stereocenters. The molecule has 0 aromatic heterocycles. The summed E-state index contributed by atoms with van der Waals surface area (Å²) in [5, 5.41) is 0. The molecule has 3 N–H and O–H groups in total. The zero-order valence-electron chi connectivity index (χ0n) is 7.11. The second kappa shape index (κ2) is 3.45. The molecule has 0 aliphatic rings. The largest absolute Gasteiger partial charge is 0.744 e. The standard InChI is InChI=1S/C6H7NO6S2/c7-5-3-4(14(8,9)10)1-2-6(5)15(11,12)13/h1-3H,7H2,(H,8,9,10)(H,11,12,13)/p-1. The summed E-state index contributed by atoms with van der Waals surface area (Å²) in [7, 11) is -9.21. The lowest BCUT2D eigenvalue weighted by molar-refractivity contribution is 0.462. The van der Waals surface area contributed by atoms with Crippen LogP contribution >= 0.6 is 0 Å². The van der Waals surface area contributed by atoms with Crippen LogP contribution in [0.3, 0.4) is 0 Å². The Balaban J connectivity index is 3.47. The van der Waals surface area contributed by atoms with E-state index < -0.39 is 35.7 Å². The van der Waals surface area contributed by atoms with E-state index in [0.717, 1.165) is 12.1 Å². The van der Waals surface area contributed by atoms with Crippen molar-refractivity contribution < 1.29 is 25.9 Å². The van der Waals surface area contributed by atoms with Crippen LogP contribution in [-0.2, 0) is 20.2 Å². The van der Waals surface area contributed by atoms with E-state index in [9.17, 15) is 21.4 Å². The lowest BCUT2D eigenvalue weighted by Gasteiger charge is -2.09. The third-order valence-electron chi connectivity index (χ3n) is 1.55. The van der Waals surface area contributed by atoms with Crippen LogP contribution in [0, 0.1) is 0 Å². The number of nitrogens with two attached hydrogens (primary N) is 1. The van der Waals surface area contributed by atoms with E-state index in [0.29, 0.717) is 6.07 Å². The van der Waals surface area contributed by atoms with Crippen molar-refractivity contribution in [3.63, 3.8) is 0 Å². The fraction of sp³-hybridized carbons (Fsp3) is 0. The molecule has 0 aliphatic heterocycles. The third-order valence-corrected chi connectivity index (χ3v) is 3.31. The molecule has 0 saturated heterocycles. The van der Waals surface area contributed by atoms with Gasteiger partial charge in [0.1, 0.15) is 15.0 Å². The van der Waals surface area contributed by atoms with E-state index in [1.165, 1.54) is 0 Å². The van der Waals surface area contributed by atoms with Crippen LogP contribution < -0.4 is 5.73 Å². The molecule has 1 aromatic rings. The Morgan fingerprint density at radius 1 is 1.20 bits per heavy atom. The van der Waals surface area contributed by atoms with Gasteiger partial charge in [0.2, 0.25) is 0 Å². The maximum absolute atomic E-state index is 10.7. The van der Waals surface area contributed by atoms with Crippen LogP contribution in [0.2, 0.25) is 0 Å². The highest BCUT2D eigenvalue weighted by Crippen LogP contribution is 2.21. The molecule has 1 aromatic carbocycles. The van der Waals surface area contributed by atoms with E-state index in [1.807, 2.05) is 0 Å². The van der Waals surface area contributed by atoms with Gasteiger partial charge in [0.15, 0.2) is 0 Å². The summed E-state index contributed by atoms with van der Waals surface area (Å²) in [6.07, 6.45) is 0. The first-order chi connectivity index (χ1) is 6.62. The number of hydrogen-bond acceptors (Lipinski definition) is 6. The van der Waals surface area contributed by atoms with Gasteiger partial charge in [0.05, 0.1) is 10.6 Å². The van der Waals surface area contributed by atoms with Crippen molar-refractivity contribution in [2.24, 2.45) is 0 Å². The van der Waals surface area contributed by atoms with Crippen LogP contribution in [0.15, 0.2) is 28.0 Å². The number of hydrogen-bond donors (Lipinski definition) is 2. The van der Waals surface area contributed by atoms with E-state index in [-0.39, 0.29) is 0 Å². The third kappa shape index (κ3) is 2.65. The normalized spacial score (nSPS) is 12.7. The van der Waals surface area contributed by atoms with Crippen molar-refractivity contribution in [1.29, 1.82) is 0 Å². The second-order valence-corrected chi connectivity index (χ2v) is 5.40. The minimum absolute atomic E-state index is 0.505. The molecular weight excluding hydrogens is 246 g/mol. The summed E-state index contributed by atoms with van der Waals surface area (Å²) < 4.78 is 61.5. The molecule has 0 heterocycles. The minimum atomic E-state index is -4.69. The Morgan fingerprint density at radius 2 is 1.73 bits per heavy atom. The van der Waals surface area contributed by atoms with Crippen molar-refractivity contribution in [2.75, 3.05) is 5.73 Å². The zero-order valence-corrected chi connectivity index (χ0v) is 8.75. The molecule has 0 fully saturated rings. The first kappa shape index (κ1) is 11.9. The Kier molecular flexibility index (Phi) is 2.74. The second-order valence-electron chi connectivity index (χ2n) is 2.63. The Hall–Kier alpha value is -1.16. The smallest absolute Gasteiger partial charge is 0.296 e. The average molecular weight is 252 g/mol. The summed E-state index contributed by atoms with van der Waals surface area (Å²) in [4.78, 5) is -1.30. The predicted octanol–water partition coefficient (Wildman–Crippen LogP) is -0.580. The van der Waals surface area contributed by atoms with Crippen molar-refractivity contribution in [1.82, 2.24) is 0 Å². The van der Waals surface area contributed by atoms with Gasteiger partial charge in [-0.05, 0) is 18.2 Å². The fourth-order valence-corrected chi connectivity index (χ4v) is 2.02. The van der Waals surface area contributed by atoms with E-state index >= 15 is 0 Å². The molecule has 0 bridgehead atoms. The Morgan fingerprint density at radius 3 is 2.07 bits per heavy atom. The first-order valence-electron chi connectivity index (χ1n) is 3.45. The van der Waals surface area contributed by atoms with E-state index in [2.05, 4.69) is 0 Å². The number of nitrogen functional groups attached to an aromatic ring is 1. The number of rotatable bonds is 2. The highest BCUT2D eigenvalue weighted by Gasteiger charge is 2.15. The Bertz CT molecular complexity index is 588. The van der Waals surface area contributed by atoms with Crippen LogP contribution in [0.25, 0.3) is 0 Å². The van der Waals surface area contributed by atoms with Gasteiger partial charge in [-0.1, -0.05) is 0 Å². The number of anilines is 1. The fourth-order valence-electron chi connectivity index (χ4n) is 0.917. The zero-order chi connectivity index (χ0) is 11.9. The van der Waals surface area contributed by atoms with Crippen molar-refractivity contribution in [2.45, 2.75) is 9.79 Å². The van der Waals surface area contributed by atoms with E-state index in [1.54, 1.807) is 0 Å². The van der Waals surface area contributed by atoms with Gasteiger partial charge in [0.25, 0.3) is 10.1 Å². The molecule has 7 nitrogen and oxygen atoms in total. The highest BCUT2D eigenvalue weighted by molar-refractivity contribution is 7.86.